The first-order valence-electron chi connectivity index (χ1n) is 5.52. The van der Waals surface area contributed by atoms with Crippen molar-refractivity contribution in [2.45, 2.75) is 25.9 Å². The van der Waals surface area contributed by atoms with Crippen LogP contribution in [-0.4, -0.2) is 30.4 Å². The van der Waals surface area contributed by atoms with Crippen LogP contribution in [0.1, 0.15) is 19.4 Å². The lowest BCUT2D eigenvalue weighted by molar-refractivity contribution is -0.162. The summed E-state index contributed by atoms with van der Waals surface area (Å²) in [5, 5.41) is 9.18. The minimum atomic E-state index is -1.18. The van der Waals surface area contributed by atoms with Crippen molar-refractivity contribution in [2.75, 3.05) is 13.7 Å². The Hall–Kier alpha value is -1.55. The van der Waals surface area contributed by atoms with Crippen LogP contribution in [0.15, 0.2) is 24.3 Å². The van der Waals surface area contributed by atoms with E-state index in [1.165, 1.54) is 0 Å². The van der Waals surface area contributed by atoms with Crippen molar-refractivity contribution in [1.82, 2.24) is 0 Å². The summed E-state index contributed by atoms with van der Waals surface area (Å²) >= 11 is 0. The van der Waals surface area contributed by atoms with Gasteiger partial charge in [0.05, 0.1) is 7.11 Å². The Morgan fingerprint density at radius 3 is 2.35 bits per heavy atom. The minimum absolute atomic E-state index is 0.333. The first kappa shape index (κ1) is 13.5. The van der Waals surface area contributed by atoms with E-state index in [1.807, 2.05) is 24.3 Å². The van der Waals surface area contributed by atoms with Crippen molar-refractivity contribution in [2.24, 2.45) is 0 Å². The Kier molecular flexibility index (Phi) is 4.52. The molecule has 1 N–H and O–H groups in total. The SMILES string of the molecule is CCOC(C)(Cc1ccc(OC)cc1)C(=O)O. The average Bonchev–Trinajstić information content (AvgIpc) is 2.30. The summed E-state index contributed by atoms with van der Waals surface area (Å²) in [6.45, 7) is 3.75. The number of carboxylic acids is 1. The van der Waals surface area contributed by atoms with E-state index in [0.29, 0.717) is 13.0 Å². The molecule has 0 saturated heterocycles. The number of aliphatic carboxylic acids is 1. The second-order valence-electron chi connectivity index (χ2n) is 3.99. The van der Waals surface area contributed by atoms with Gasteiger partial charge >= 0.3 is 5.97 Å². The van der Waals surface area contributed by atoms with E-state index in [9.17, 15) is 9.90 Å². The van der Waals surface area contributed by atoms with E-state index in [1.54, 1.807) is 21.0 Å². The normalized spacial score (nSPS) is 14.1. The molecule has 1 aromatic carbocycles. The van der Waals surface area contributed by atoms with Gasteiger partial charge in [0.15, 0.2) is 5.60 Å². The van der Waals surface area contributed by atoms with Crippen LogP contribution in [0.5, 0.6) is 5.75 Å². The number of hydrogen-bond acceptors (Lipinski definition) is 3. The molecule has 1 unspecified atom stereocenters. The Morgan fingerprint density at radius 2 is 1.94 bits per heavy atom. The summed E-state index contributed by atoms with van der Waals surface area (Å²) in [5.41, 5.74) is -0.271. The lowest BCUT2D eigenvalue weighted by atomic mass is 9.96. The van der Waals surface area contributed by atoms with Gasteiger partial charge in [0.25, 0.3) is 0 Å². The Labute approximate surface area is 101 Å². The van der Waals surface area contributed by atoms with Gasteiger partial charge in [0, 0.05) is 13.0 Å². The van der Waals surface area contributed by atoms with Crippen molar-refractivity contribution in [3.05, 3.63) is 29.8 Å². The third kappa shape index (κ3) is 3.46. The number of methoxy groups -OCH3 is 1. The van der Waals surface area contributed by atoms with Crippen molar-refractivity contribution < 1.29 is 19.4 Å². The second kappa shape index (κ2) is 5.68. The van der Waals surface area contributed by atoms with E-state index < -0.39 is 11.6 Å². The van der Waals surface area contributed by atoms with Crippen LogP contribution < -0.4 is 4.74 Å². The fourth-order valence-corrected chi connectivity index (χ4v) is 1.64. The minimum Gasteiger partial charge on any atom is -0.497 e. The first-order chi connectivity index (χ1) is 8.01. The van der Waals surface area contributed by atoms with Crippen LogP contribution in [0.3, 0.4) is 0 Å². The van der Waals surface area contributed by atoms with Crippen molar-refractivity contribution >= 4 is 5.97 Å². The molecule has 0 fully saturated rings. The molecule has 1 aromatic rings. The lowest BCUT2D eigenvalue weighted by Gasteiger charge is -2.24. The standard InChI is InChI=1S/C13H18O4/c1-4-17-13(2,12(14)15)9-10-5-7-11(16-3)8-6-10/h5-8H,4,9H2,1-3H3,(H,14,15). The van der Waals surface area contributed by atoms with Gasteiger partial charge in [-0.3, -0.25) is 0 Å². The van der Waals surface area contributed by atoms with Crippen LogP contribution in [-0.2, 0) is 16.0 Å². The molecule has 0 bridgehead atoms. The second-order valence-corrected chi connectivity index (χ2v) is 3.99. The van der Waals surface area contributed by atoms with Crippen LogP contribution in [0, 0.1) is 0 Å². The molecule has 0 spiro atoms. The Morgan fingerprint density at radius 1 is 1.35 bits per heavy atom. The summed E-state index contributed by atoms with van der Waals surface area (Å²) in [4.78, 5) is 11.2. The van der Waals surface area contributed by atoms with E-state index >= 15 is 0 Å². The van der Waals surface area contributed by atoms with E-state index in [-0.39, 0.29) is 0 Å². The van der Waals surface area contributed by atoms with Gasteiger partial charge in [0.1, 0.15) is 5.75 Å². The van der Waals surface area contributed by atoms with Crippen LogP contribution in [0.25, 0.3) is 0 Å². The van der Waals surface area contributed by atoms with E-state index in [2.05, 4.69) is 0 Å². The van der Waals surface area contributed by atoms with Crippen LogP contribution in [0.2, 0.25) is 0 Å². The largest absolute Gasteiger partial charge is 0.497 e. The topological polar surface area (TPSA) is 55.8 Å². The highest BCUT2D eigenvalue weighted by atomic mass is 16.5. The quantitative estimate of drug-likeness (QED) is 0.824. The van der Waals surface area contributed by atoms with Gasteiger partial charge in [-0.05, 0) is 31.5 Å². The molecule has 0 radical (unpaired) electrons. The fraction of sp³-hybridized carbons (Fsp3) is 0.462. The molecular weight excluding hydrogens is 220 g/mol. The molecule has 0 amide bonds. The maximum absolute atomic E-state index is 11.2. The molecule has 4 heteroatoms. The molecule has 94 valence electrons. The van der Waals surface area contributed by atoms with Crippen molar-refractivity contribution in [3.63, 3.8) is 0 Å². The lowest BCUT2D eigenvalue weighted by Crippen LogP contribution is -2.40. The zero-order valence-electron chi connectivity index (χ0n) is 10.4. The van der Waals surface area contributed by atoms with Gasteiger partial charge in [-0.1, -0.05) is 12.1 Å². The maximum Gasteiger partial charge on any atom is 0.336 e. The zero-order chi connectivity index (χ0) is 12.9. The molecule has 0 aliphatic heterocycles. The predicted molar refractivity (Wildman–Crippen MR) is 64.4 cm³/mol. The summed E-state index contributed by atoms with van der Waals surface area (Å²) in [5.74, 6) is -0.197. The van der Waals surface area contributed by atoms with Crippen molar-refractivity contribution in [1.29, 1.82) is 0 Å². The van der Waals surface area contributed by atoms with Gasteiger partial charge in [-0.2, -0.15) is 0 Å². The molecule has 0 heterocycles. The highest BCUT2D eigenvalue weighted by Crippen LogP contribution is 2.20. The van der Waals surface area contributed by atoms with Crippen LogP contribution in [0.4, 0.5) is 0 Å². The Balaban J connectivity index is 2.82. The fourth-order valence-electron chi connectivity index (χ4n) is 1.64. The first-order valence-corrected chi connectivity index (χ1v) is 5.52. The summed E-state index contributed by atoms with van der Waals surface area (Å²) in [6.07, 6.45) is 0.333. The molecule has 1 atom stereocenters. The molecule has 0 saturated carbocycles. The van der Waals surface area contributed by atoms with Gasteiger partial charge in [-0.15, -0.1) is 0 Å². The molecular formula is C13H18O4. The predicted octanol–water partition coefficient (Wildman–Crippen LogP) is 2.12. The molecule has 1 rings (SSSR count). The van der Waals surface area contributed by atoms with E-state index in [4.69, 9.17) is 9.47 Å². The van der Waals surface area contributed by atoms with Crippen molar-refractivity contribution in [3.8, 4) is 5.75 Å². The number of hydrogen-bond donors (Lipinski definition) is 1. The summed E-state index contributed by atoms with van der Waals surface area (Å²) < 4.78 is 10.4. The highest BCUT2D eigenvalue weighted by Gasteiger charge is 2.33. The number of rotatable bonds is 6. The van der Waals surface area contributed by atoms with Gasteiger partial charge < -0.3 is 14.6 Å². The van der Waals surface area contributed by atoms with Gasteiger partial charge in [-0.25, -0.2) is 4.79 Å². The number of benzene rings is 1. The van der Waals surface area contributed by atoms with Gasteiger partial charge in [0.2, 0.25) is 0 Å². The summed E-state index contributed by atoms with van der Waals surface area (Å²) in [6, 6.07) is 7.31. The molecule has 0 aliphatic rings. The third-order valence-corrected chi connectivity index (χ3v) is 2.62. The average molecular weight is 238 g/mol. The Bertz CT molecular complexity index is 372. The number of ether oxygens (including phenoxy) is 2. The molecule has 17 heavy (non-hydrogen) atoms. The third-order valence-electron chi connectivity index (χ3n) is 2.62. The molecule has 0 aromatic heterocycles. The summed E-state index contributed by atoms with van der Waals surface area (Å²) in [7, 11) is 1.59. The molecule has 4 nitrogen and oxygen atoms in total. The van der Waals surface area contributed by atoms with Crippen LogP contribution >= 0.6 is 0 Å². The monoisotopic (exact) mass is 238 g/mol. The molecule has 0 aliphatic carbocycles. The maximum atomic E-state index is 11.2. The highest BCUT2D eigenvalue weighted by molar-refractivity contribution is 5.77. The van der Waals surface area contributed by atoms with E-state index in [0.717, 1.165) is 11.3 Å². The number of carboxylic acid groups (broad SMARTS) is 1. The number of carbonyl (C=O) groups is 1. The smallest absolute Gasteiger partial charge is 0.336 e. The zero-order valence-corrected chi connectivity index (χ0v) is 10.4.